The number of hydrogen-bond donors (Lipinski definition) is 0. The predicted molar refractivity (Wildman–Crippen MR) is 122 cm³/mol. The summed E-state index contributed by atoms with van der Waals surface area (Å²) in [5.74, 6) is 0.185. The quantitative estimate of drug-likeness (QED) is 0.662. The van der Waals surface area contributed by atoms with E-state index in [-0.39, 0.29) is 11.9 Å². The maximum absolute atomic E-state index is 13.1. The van der Waals surface area contributed by atoms with E-state index in [1.54, 1.807) is 16.4 Å². The van der Waals surface area contributed by atoms with Gasteiger partial charge in [-0.05, 0) is 55.4 Å². The van der Waals surface area contributed by atoms with Crippen LogP contribution in [-0.2, 0) is 21.2 Å². The monoisotopic (exact) mass is 440 g/mol. The van der Waals surface area contributed by atoms with Crippen LogP contribution in [0.2, 0.25) is 0 Å². The van der Waals surface area contributed by atoms with Gasteiger partial charge in [0.05, 0.1) is 10.9 Å². The molecule has 1 amide bonds. The van der Waals surface area contributed by atoms with Crippen molar-refractivity contribution in [2.45, 2.75) is 62.3 Å². The lowest BCUT2D eigenvalue weighted by molar-refractivity contribution is -0.133. The lowest BCUT2D eigenvalue weighted by Crippen LogP contribution is -2.35. The van der Waals surface area contributed by atoms with Crippen molar-refractivity contribution >= 4 is 15.9 Å². The molecule has 4 rings (SSSR count). The molecule has 0 N–H and O–H groups in total. The van der Waals surface area contributed by atoms with E-state index in [0.717, 1.165) is 44.2 Å². The van der Waals surface area contributed by atoms with Crippen LogP contribution in [0.4, 0.5) is 0 Å². The zero-order chi connectivity index (χ0) is 21.7. The van der Waals surface area contributed by atoms with Gasteiger partial charge in [0.2, 0.25) is 15.9 Å². The normalized spacial score (nSPS) is 20.5. The fourth-order valence-corrected chi connectivity index (χ4v) is 6.25. The molecule has 0 radical (unpaired) electrons. The first-order chi connectivity index (χ1) is 15.1. The molecular weight excluding hydrogens is 408 g/mol. The molecule has 166 valence electrons. The Hall–Kier alpha value is -2.18. The minimum atomic E-state index is -3.39. The highest BCUT2D eigenvalue weighted by molar-refractivity contribution is 7.89. The van der Waals surface area contributed by atoms with E-state index < -0.39 is 10.0 Å². The summed E-state index contributed by atoms with van der Waals surface area (Å²) in [6, 6.07) is 17.6. The summed E-state index contributed by atoms with van der Waals surface area (Å²) in [6.45, 7) is 2.03. The average molecular weight is 441 g/mol. The smallest absolute Gasteiger partial charge is 0.243 e. The highest BCUT2D eigenvalue weighted by Gasteiger charge is 2.28. The summed E-state index contributed by atoms with van der Waals surface area (Å²) in [5, 5.41) is 0. The summed E-state index contributed by atoms with van der Waals surface area (Å²) < 4.78 is 26.9. The number of carbonyl (C=O) groups is 1. The van der Waals surface area contributed by atoms with E-state index in [9.17, 15) is 13.2 Å². The molecule has 2 aromatic carbocycles. The Bertz CT molecular complexity index is 968. The number of likely N-dealkylation sites (tertiary alicyclic amines) is 1. The van der Waals surface area contributed by atoms with Gasteiger partial charge in [-0.1, -0.05) is 55.3 Å². The van der Waals surface area contributed by atoms with Crippen molar-refractivity contribution in [2.75, 3.05) is 19.6 Å². The van der Waals surface area contributed by atoms with E-state index in [0.29, 0.717) is 30.8 Å². The zero-order valence-electron chi connectivity index (χ0n) is 18.1. The molecule has 0 aliphatic carbocycles. The molecule has 2 aromatic rings. The largest absolute Gasteiger partial charge is 0.336 e. The summed E-state index contributed by atoms with van der Waals surface area (Å²) in [5.41, 5.74) is 2.22. The molecule has 0 saturated carbocycles. The van der Waals surface area contributed by atoms with Crippen molar-refractivity contribution in [3.63, 3.8) is 0 Å². The summed E-state index contributed by atoms with van der Waals surface area (Å²) in [6.07, 6.45) is 7.32. The van der Waals surface area contributed by atoms with Crippen LogP contribution in [0.1, 0.15) is 62.1 Å². The molecule has 5 nitrogen and oxygen atoms in total. The molecule has 1 atom stereocenters. The maximum atomic E-state index is 13.1. The van der Waals surface area contributed by atoms with Crippen LogP contribution in [0.5, 0.6) is 0 Å². The van der Waals surface area contributed by atoms with E-state index in [4.69, 9.17) is 0 Å². The number of rotatable bonds is 6. The van der Waals surface area contributed by atoms with Gasteiger partial charge >= 0.3 is 0 Å². The van der Waals surface area contributed by atoms with Crippen molar-refractivity contribution in [3.8, 4) is 0 Å². The van der Waals surface area contributed by atoms with Gasteiger partial charge < -0.3 is 4.90 Å². The van der Waals surface area contributed by atoms with Gasteiger partial charge in [0.25, 0.3) is 0 Å². The number of carbonyl (C=O) groups excluding carboxylic acids is 1. The topological polar surface area (TPSA) is 57.7 Å². The molecule has 2 saturated heterocycles. The third kappa shape index (κ3) is 5.18. The van der Waals surface area contributed by atoms with E-state index >= 15 is 0 Å². The SMILES string of the molecule is O=C(CCc1ccc(S(=O)(=O)N2CCCC2)cc1)N1CCCCCC1c1ccccc1. The van der Waals surface area contributed by atoms with Crippen LogP contribution in [0.25, 0.3) is 0 Å². The molecule has 0 bridgehead atoms. The fraction of sp³-hybridized carbons (Fsp3) is 0.480. The van der Waals surface area contributed by atoms with Crippen LogP contribution >= 0.6 is 0 Å². The Morgan fingerprint density at radius 2 is 1.52 bits per heavy atom. The van der Waals surface area contributed by atoms with Crippen molar-refractivity contribution < 1.29 is 13.2 Å². The Morgan fingerprint density at radius 1 is 0.839 bits per heavy atom. The van der Waals surface area contributed by atoms with E-state index in [2.05, 4.69) is 17.0 Å². The predicted octanol–water partition coefficient (Wildman–Crippen LogP) is 4.55. The molecule has 2 aliphatic rings. The van der Waals surface area contributed by atoms with Crippen LogP contribution in [0, 0.1) is 0 Å². The van der Waals surface area contributed by atoms with Crippen LogP contribution in [-0.4, -0.2) is 43.2 Å². The molecule has 6 heteroatoms. The Balaban J connectivity index is 1.40. The van der Waals surface area contributed by atoms with E-state index in [1.807, 2.05) is 30.3 Å². The highest BCUT2D eigenvalue weighted by atomic mass is 32.2. The Kier molecular flexibility index (Phi) is 7.08. The first-order valence-electron chi connectivity index (χ1n) is 11.5. The van der Waals surface area contributed by atoms with Crippen molar-refractivity contribution in [3.05, 3.63) is 65.7 Å². The van der Waals surface area contributed by atoms with E-state index in [1.165, 1.54) is 12.0 Å². The Morgan fingerprint density at radius 3 is 2.23 bits per heavy atom. The summed E-state index contributed by atoms with van der Waals surface area (Å²) >= 11 is 0. The second-order valence-electron chi connectivity index (χ2n) is 8.62. The van der Waals surface area contributed by atoms with Crippen molar-refractivity contribution in [1.29, 1.82) is 0 Å². The van der Waals surface area contributed by atoms with Gasteiger partial charge in [0, 0.05) is 26.1 Å². The fourth-order valence-electron chi connectivity index (χ4n) is 4.73. The van der Waals surface area contributed by atoms with Gasteiger partial charge in [0.15, 0.2) is 0 Å². The second kappa shape index (κ2) is 9.96. The highest BCUT2D eigenvalue weighted by Crippen LogP contribution is 2.31. The maximum Gasteiger partial charge on any atom is 0.243 e. The molecule has 1 unspecified atom stereocenters. The van der Waals surface area contributed by atoms with Crippen molar-refractivity contribution in [2.24, 2.45) is 0 Å². The van der Waals surface area contributed by atoms with Gasteiger partial charge in [-0.25, -0.2) is 8.42 Å². The number of nitrogens with zero attached hydrogens (tertiary/aromatic N) is 2. The molecule has 2 aliphatic heterocycles. The molecule has 2 heterocycles. The van der Waals surface area contributed by atoms with Gasteiger partial charge in [-0.2, -0.15) is 4.31 Å². The van der Waals surface area contributed by atoms with Gasteiger partial charge in [-0.15, -0.1) is 0 Å². The number of benzene rings is 2. The van der Waals surface area contributed by atoms with Gasteiger partial charge in [0.1, 0.15) is 0 Å². The second-order valence-corrected chi connectivity index (χ2v) is 10.6. The molecule has 0 aromatic heterocycles. The third-order valence-electron chi connectivity index (χ3n) is 6.51. The first-order valence-corrected chi connectivity index (χ1v) is 12.9. The molecule has 0 spiro atoms. The van der Waals surface area contributed by atoms with Crippen molar-refractivity contribution in [1.82, 2.24) is 9.21 Å². The first kappa shape index (κ1) is 22.0. The molecule has 2 fully saturated rings. The van der Waals surface area contributed by atoms with Gasteiger partial charge in [-0.3, -0.25) is 4.79 Å². The minimum Gasteiger partial charge on any atom is -0.336 e. The third-order valence-corrected chi connectivity index (χ3v) is 8.42. The standard InChI is InChI=1S/C25H32N2O3S/c28-25(27-20-6-2-5-11-24(27)22-9-3-1-4-10-22)17-14-21-12-15-23(16-13-21)31(29,30)26-18-7-8-19-26/h1,3-4,9-10,12-13,15-16,24H,2,5-8,11,14,17-20H2. The minimum absolute atomic E-state index is 0.157. The Labute approximate surface area is 186 Å². The summed E-state index contributed by atoms with van der Waals surface area (Å²) in [7, 11) is -3.39. The average Bonchev–Trinajstić information content (AvgIpc) is 3.24. The lowest BCUT2D eigenvalue weighted by Gasteiger charge is -2.30. The number of aryl methyl sites for hydroxylation is 1. The zero-order valence-corrected chi connectivity index (χ0v) is 18.9. The van der Waals surface area contributed by atoms with Crippen LogP contribution in [0.15, 0.2) is 59.5 Å². The molecule has 31 heavy (non-hydrogen) atoms. The number of sulfonamides is 1. The molecular formula is C25H32N2O3S. The van der Waals surface area contributed by atoms with Crippen LogP contribution < -0.4 is 0 Å². The van der Waals surface area contributed by atoms with Crippen LogP contribution in [0.3, 0.4) is 0 Å². The summed E-state index contributed by atoms with van der Waals surface area (Å²) in [4.78, 5) is 15.5. The number of amides is 1. The number of hydrogen-bond acceptors (Lipinski definition) is 3. The lowest BCUT2D eigenvalue weighted by atomic mass is 10.00.